The van der Waals surface area contributed by atoms with Gasteiger partial charge >= 0.3 is 0 Å². The number of benzene rings is 3. The minimum Gasteiger partial charge on any atom is -0.324 e. The predicted octanol–water partition coefficient (Wildman–Crippen LogP) is 3.98. The Morgan fingerprint density at radius 3 is 2.22 bits per heavy atom. The van der Waals surface area contributed by atoms with Crippen LogP contribution in [0.1, 0.15) is 11.1 Å². The van der Waals surface area contributed by atoms with Crippen LogP contribution < -0.4 is 10.0 Å². The second-order valence-electron chi connectivity index (χ2n) is 6.18. The lowest BCUT2D eigenvalue weighted by Crippen LogP contribution is -2.18. The van der Waals surface area contributed by atoms with E-state index in [0.29, 0.717) is 11.4 Å². The van der Waals surface area contributed by atoms with Gasteiger partial charge in [0.25, 0.3) is 10.0 Å². The van der Waals surface area contributed by atoms with E-state index >= 15 is 0 Å². The van der Waals surface area contributed by atoms with Gasteiger partial charge in [0.1, 0.15) is 0 Å². The first-order chi connectivity index (χ1) is 12.9. The number of nitrogens with one attached hydrogen (secondary N) is 2. The summed E-state index contributed by atoms with van der Waals surface area (Å²) in [6, 6.07) is 22.5. The van der Waals surface area contributed by atoms with Gasteiger partial charge < -0.3 is 5.32 Å². The molecule has 2 N–H and O–H groups in total. The summed E-state index contributed by atoms with van der Waals surface area (Å²) in [5.41, 5.74) is 2.71. The van der Waals surface area contributed by atoms with Gasteiger partial charge in [-0.3, -0.25) is 9.52 Å². The molecule has 0 aliphatic heterocycles. The molecule has 0 unspecified atom stereocenters. The molecule has 5 nitrogen and oxygen atoms in total. The van der Waals surface area contributed by atoms with Crippen molar-refractivity contribution in [2.75, 3.05) is 10.0 Å². The molecule has 0 radical (unpaired) electrons. The third-order valence-electron chi connectivity index (χ3n) is 3.95. The zero-order valence-electron chi connectivity index (χ0n) is 14.8. The molecule has 0 spiro atoms. The van der Waals surface area contributed by atoms with E-state index in [1.54, 1.807) is 42.5 Å². The van der Waals surface area contributed by atoms with Crippen molar-refractivity contribution >= 4 is 27.3 Å². The Labute approximate surface area is 159 Å². The average Bonchev–Trinajstić information content (AvgIpc) is 2.64. The maximum atomic E-state index is 12.5. The second kappa shape index (κ2) is 8.05. The molecule has 6 heteroatoms. The quantitative estimate of drug-likeness (QED) is 0.679. The first-order valence-electron chi connectivity index (χ1n) is 8.46. The Hall–Kier alpha value is -3.12. The van der Waals surface area contributed by atoms with Crippen molar-refractivity contribution in [2.24, 2.45) is 0 Å². The Bertz CT molecular complexity index is 1050. The molecule has 3 aromatic rings. The van der Waals surface area contributed by atoms with Crippen molar-refractivity contribution in [2.45, 2.75) is 18.2 Å². The monoisotopic (exact) mass is 380 g/mol. The SMILES string of the molecule is Cc1cccc(CC(=O)Nc2ccccc2NS(=O)(=O)c2ccccc2)c1. The normalized spacial score (nSPS) is 11.0. The molecule has 0 saturated heterocycles. The van der Waals surface area contributed by atoms with E-state index in [9.17, 15) is 13.2 Å². The first-order valence-corrected chi connectivity index (χ1v) is 9.95. The van der Waals surface area contributed by atoms with E-state index in [-0.39, 0.29) is 17.2 Å². The summed E-state index contributed by atoms with van der Waals surface area (Å²) in [7, 11) is -3.74. The van der Waals surface area contributed by atoms with E-state index in [1.165, 1.54) is 12.1 Å². The number of hydrogen-bond acceptors (Lipinski definition) is 3. The lowest BCUT2D eigenvalue weighted by atomic mass is 10.1. The Kier molecular flexibility index (Phi) is 5.57. The number of aryl methyl sites for hydroxylation is 1. The van der Waals surface area contributed by atoms with E-state index in [1.807, 2.05) is 31.2 Å². The molecule has 1 amide bonds. The molecule has 3 aromatic carbocycles. The van der Waals surface area contributed by atoms with Gasteiger partial charge in [0.05, 0.1) is 22.7 Å². The van der Waals surface area contributed by atoms with Crippen LogP contribution >= 0.6 is 0 Å². The van der Waals surface area contributed by atoms with Gasteiger partial charge in [0, 0.05) is 0 Å². The first kappa shape index (κ1) is 18.7. The van der Waals surface area contributed by atoms with Crippen LogP contribution in [0.25, 0.3) is 0 Å². The summed E-state index contributed by atoms with van der Waals surface area (Å²) >= 11 is 0. The van der Waals surface area contributed by atoms with Gasteiger partial charge in [-0.25, -0.2) is 8.42 Å². The van der Waals surface area contributed by atoms with Gasteiger partial charge in [-0.1, -0.05) is 60.2 Å². The number of carbonyl (C=O) groups is 1. The van der Waals surface area contributed by atoms with Gasteiger partial charge in [0.2, 0.25) is 5.91 Å². The number of hydrogen-bond donors (Lipinski definition) is 2. The fraction of sp³-hybridized carbons (Fsp3) is 0.0952. The number of para-hydroxylation sites is 2. The highest BCUT2D eigenvalue weighted by molar-refractivity contribution is 7.92. The highest BCUT2D eigenvalue weighted by Crippen LogP contribution is 2.24. The Balaban J connectivity index is 1.77. The van der Waals surface area contributed by atoms with Crippen molar-refractivity contribution in [1.29, 1.82) is 0 Å². The standard InChI is InChI=1S/C21H20N2O3S/c1-16-8-7-9-17(14-16)15-21(24)22-19-12-5-6-13-20(19)23-27(25,26)18-10-3-2-4-11-18/h2-14,23H,15H2,1H3,(H,22,24). The topological polar surface area (TPSA) is 75.3 Å². The van der Waals surface area contributed by atoms with Crippen molar-refractivity contribution < 1.29 is 13.2 Å². The van der Waals surface area contributed by atoms with Gasteiger partial charge in [-0.05, 0) is 36.8 Å². The Morgan fingerprint density at radius 1 is 0.852 bits per heavy atom. The molecule has 0 aliphatic rings. The molecule has 0 saturated carbocycles. The van der Waals surface area contributed by atoms with E-state index in [0.717, 1.165) is 11.1 Å². The van der Waals surface area contributed by atoms with Crippen molar-refractivity contribution in [3.8, 4) is 0 Å². The minimum absolute atomic E-state index is 0.158. The van der Waals surface area contributed by atoms with E-state index < -0.39 is 10.0 Å². The molecule has 138 valence electrons. The van der Waals surface area contributed by atoms with Crippen LogP contribution in [0, 0.1) is 6.92 Å². The number of amides is 1. The molecule has 3 rings (SSSR count). The van der Waals surface area contributed by atoms with E-state index in [4.69, 9.17) is 0 Å². The van der Waals surface area contributed by atoms with Crippen LogP contribution in [0.5, 0.6) is 0 Å². The maximum absolute atomic E-state index is 12.5. The molecule has 0 aromatic heterocycles. The lowest BCUT2D eigenvalue weighted by Gasteiger charge is -2.13. The molecule has 27 heavy (non-hydrogen) atoms. The number of anilines is 2. The van der Waals surface area contributed by atoms with Crippen LogP contribution in [0.2, 0.25) is 0 Å². The van der Waals surface area contributed by atoms with Crippen LogP contribution in [-0.4, -0.2) is 14.3 Å². The molecule has 0 aliphatic carbocycles. The smallest absolute Gasteiger partial charge is 0.261 e. The average molecular weight is 380 g/mol. The van der Waals surface area contributed by atoms with Crippen molar-refractivity contribution in [3.63, 3.8) is 0 Å². The number of carbonyl (C=O) groups excluding carboxylic acids is 1. The largest absolute Gasteiger partial charge is 0.324 e. The predicted molar refractivity (Wildman–Crippen MR) is 107 cm³/mol. The zero-order chi connectivity index (χ0) is 19.3. The zero-order valence-corrected chi connectivity index (χ0v) is 15.7. The van der Waals surface area contributed by atoms with Gasteiger partial charge in [0.15, 0.2) is 0 Å². The maximum Gasteiger partial charge on any atom is 0.261 e. The summed E-state index contributed by atoms with van der Waals surface area (Å²) in [6.45, 7) is 1.97. The van der Waals surface area contributed by atoms with Crippen LogP contribution in [0.4, 0.5) is 11.4 Å². The van der Waals surface area contributed by atoms with E-state index in [2.05, 4.69) is 10.0 Å². The molecular formula is C21H20N2O3S. The Morgan fingerprint density at radius 2 is 1.52 bits per heavy atom. The number of rotatable bonds is 6. The lowest BCUT2D eigenvalue weighted by molar-refractivity contribution is -0.115. The summed E-state index contributed by atoms with van der Waals surface area (Å²) in [6.07, 6.45) is 0.210. The van der Waals surface area contributed by atoms with Crippen molar-refractivity contribution in [3.05, 3.63) is 90.0 Å². The summed E-state index contributed by atoms with van der Waals surface area (Å²) in [5, 5.41) is 2.79. The minimum atomic E-state index is -3.74. The summed E-state index contributed by atoms with van der Waals surface area (Å²) in [5.74, 6) is -0.216. The van der Waals surface area contributed by atoms with Crippen LogP contribution in [0.3, 0.4) is 0 Å². The molecule has 0 fully saturated rings. The molecule has 0 heterocycles. The number of sulfonamides is 1. The van der Waals surface area contributed by atoms with Crippen LogP contribution in [-0.2, 0) is 21.2 Å². The highest BCUT2D eigenvalue weighted by atomic mass is 32.2. The fourth-order valence-corrected chi connectivity index (χ4v) is 3.79. The second-order valence-corrected chi connectivity index (χ2v) is 7.86. The van der Waals surface area contributed by atoms with Gasteiger partial charge in [-0.15, -0.1) is 0 Å². The third-order valence-corrected chi connectivity index (χ3v) is 5.33. The fourth-order valence-electron chi connectivity index (χ4n) is 2.69. The summed E-state index contributed by atoms with van der Waals surface area (Å²) < 4.78 is 27.6. The van der Waals surface area contributed by atoms with Crippen molar-refractivity contribution in [1.82, 2.24) is 0 Å². The summed E-state index contributed by atoms with van der Waals surface area (Å²) in [4.78, 5) is 12.6. The van der Waals surface area contributed by atoms with Gasteiger partial charge in [-0.2, -0.15) is 0 Å². The molecule has 0 bridgehead atoms. The highest BCUT2D eigenvalue weighted by Gasteiger charge is 2.16. The molecular weight excluding hydrogens is 360 g/mol. The third kappa shape index (κ3) is 4.95. The molecule has 0 atom stereocenters. The van der Waals surface area contributed by atoms with Crippen LogP contribution in [0.15, 0.2) is 83.8 Å².